The molecule has 1 fully saturated rings. The zero-order valence-electron chi connectivity index (χ0n) is 18.7. The van der Waals surface area contributed by atoms with Crippen molar-refractivity contribution in [3.8, 4) is 0 Å². The van der Waals surface area contributed by atoms with Gasteiger partial charge in [0.25, 0.3) is 0 Å². The lowest BCUT2D eigenvalue weighted by atomic mass is 9.85. The van der Waals surface area contributed by atoms with E-state index >= 15 is 0 Å². The maximum Gasteiger partial charge on any atom is 0.407 e. The van der Waals surface area contributed by atoms with Crippen LogP contribution in [0.25, 0.3) is 0 Å². The van der Waals surface area contributed by atoms with Crippen LogP contribution in [0.15, 0.2) is 60.7 Å². The van der Waals surface area contributed by atoms with Crippen LogP contribution in [-0.4, -0.2) is 57.7 Å². The van der Waals surface area contributed by atoms with E-state index in [1.54, 1.807) is 0 Å². The van der Waals surface area contributed by atoms with E-state index in [9.17, 15) is 14.7 Å². The molecule has 166 valence electrons. The Morgan fingerprint density at radius 1 is 1.00 bits per heavy atom. The van der Waals surface area contributed by atoms with Gasteiger partial charge in [0.05, 0.1) is 12.6 Å². The number of carbonyl (C=O) groups is 2. The van der Waals surface area contributed by atoms with Crippen LogP contribution in [0, 0.1) is 0 Å². The van der Waals surface area contributed by atoms with Crippen molar-refractivity contribution in [2.45, 2.75) is 51.3 Å². The van der Waals surface area contributed by atoms with Crippen molar-refractivity contribution in [2.24, 2.45) is 0 Å². The fourth-order valence-electron chi connectivity index (χ4n) is 4.30. The fourth-order valence-corrected chi connectivity index (χ4v) is 4.30. The van der Waals surface area contributed by atoms with Crippen molar-refractivity contribution < 1.29 is 19.4 Å². The standard InChI is InChI=1S/C25H32N2O4/c1-5-25(22(28)31-24(2,3)4)18-26(23(29)30)16-17-27(25)21(19-12-8-6-9-13-19)20-14-10-7-11-15-20/h6-15,21H,5,16-18H2,1-4H3,(H,29,30). The average Bonchev–Trinajstić information content (AvgIpc) is 2.74. The van der Waals surface area contributed by atoms with Gasteiger partial charge in [0, 0.05) is 13.1 Å². The number of hydrogen-bond acceptors (Lipinski definition) is 4. The lowest BCUT2D eigenvalue weighted by Gasteiger charge is -2.51. The molecule has 0 aliphatic carbocycles. The summed E-state index contributed by atoms with van der Waals surface area (Å²) in [6.45, 7) is 8.26. The summed E-state index contributed by atoms with van der Waals surface area (Å²) in [5, 5.41) is 9.69. The molecule has 2 aromatic rings. The molecule has 0 spiro atoms. The van der Waals surface area contributed by atoms with E-state index in [-0.39, 0.29) is 18.6 Å². The summed E-state index contributed by atoms with van der Waals surface area (Å²) in [6, 6.07) is 19.9. The second-order valence-electron chi connectivity index (χ2n) is 9.01. The molecule has 0 bridgehead atoms. The normalized spacial score (nSPS) is 20.0. The number of carboxylic acid groups (broad SMARTS) is 1. The third-order valence-electron chi connectivity index (χ3n) is 5.79. The molecular formula is C25H32N2O4. The summed E-state index contributed by atoms with van der Waals surface area (Å²) in [5.74, 6) is -0.384. The van der Waals surface area contributed by atoms with E-state index in [1.165, 1.54) is 4.90 Å². The Kier molecular flexibility index (Phi) is 6.70. The summed E-state index contributed by atoms with van der Waals surface area (Å²) < 4.78 is 5.85. The first-order valence-electron chi connectivity index (χ1n) is 10.8. The molecule has 6 heteroatoms. The Bertz CT molecular complexity index is 855. The molecule has 0 aromatic heterocycles. The first-order valence-corrected chi connectivity index (χ1v) is 10.8. The Hall–Kier alpha value is -2.86. The van der Waals surface area contributed by atoms with Crippen molar-refractivity contribution in [3.05, 3.63) is 71.8 Å². The number of ether oxygens (including phenoxy) is 1. The lowest BCUT2D eigenvalue weighted by Crippen LogP contribution is -2.68. The number of carbonyl (C=O) groups excluding carboxylic acids is 1. The number of hydrogen-bond donors (Lipinski definition) is 1. The Balaban J connectivity index is 2.14. The first kappa shape index (κ1) is 22.8. The van der Waals surface area contributed by atoms with Crippen LogP contribution in [0.5, 0.6) is 0 Å². The van der Waals surface area contributed by atoms with Gasteiger partial charge in [-0.25, -0.2) is 9.59 Å². The molecule has 1 aliphatic heterocycles. The van der Waals surface area contributed by atoms with Gasteiger partial charge in [-0.2, -0.15) is 0 Å². The second-order valence-corrected chi connectivity index (χ2v) is 9.01. The maximum absolute atomic E-state index is 13.6. The van der Waals surface area contributed by atoms with Gasteiger partial charge in [-0.3, -0.25) is 4.90 Å². The molecule has 1 aliphatic rings. The molecule has 6 nitrogen and oxygen atoms in total. The number of esters is 1. The second kappa shape index (κ2) is 9.10. The lowest BCUT2D eigenvalue weighted by molar-refractivity contribution is -0.176. The van der Waals surface area contributed by atoms with Gasteiger partial charge < -0.3 is 14.7 Å². The van der Waals surface area contributed by atoms with Gasteiger partial charge in [0.1, 0.15) is 11.1 Å². The Morgan fingerprint density at radius 2 is 1.52 bits per heavy atom. The fraction of sp³-hybridized carbons (Fsp3) is 0.440. The molecule has 1 atom stereocenters. The predicted molar refractivity (Wildman–Crippen MR) is 120 cm³/mol. The topological polar surface area (TPSA) is 70.1 Å². The molecule has 1 saturated heterocycles. The number of piperazine rings is 1. The number of nitrogens with zero attached hydrogens (tertiary/aromatic N) is 2. The quantitative estimate of drug-likeness (QED) is 0.713. The molecule has 1 N–H and O–H groups in total. The minimum Gasteiger partial charge on any atom is -0.465 e. The summed E-state index contributed by atoms with van der Waals surface area (Å²) in [4.78, 5) is 28.9. The average molecular weight is 425 g/mol. The van der Waals surface area contributed by atoms with Gasteiger partial charge >= 0.3 is 12.1 Å². The van der Waals surface area contributed by atoms with Crippen molar-refractivity contribution in [2.75, 3.05) is 19.6 Å². The van der Waals surface area contributed by atoms with E-state index < -0.39 is 17.2 Å². The highest BCUT2D eigenvalue weighted by Crippen LogP contribution is 2.39. The van der Waals surface area contributed by atoms with Crippen LogP contribution in [-0.2, 0) is 9.53 Å². The molecule has 1 amide bonds. The van der Waals surface area contributed by atoms with E-state index in [0.717, 1.165) is 11.1 Å². The number of rotatable bonds is 5. The Labute approximate surface area is 184 Å². The molecule has 1 heterocycles. The van der Waals surface area contributed by atoms with Gasteiger partial charge in [-0.05, 0) is 38.3 Å². The van der Waals surface area contributed by atoms with Crippen LogP contribution in [0.1, 0.15) is 51.3 Å². The number of benzene rings is 2. The minimum atomic E-state index is -1.10. The van der Waals surface area contributed by atoms with Gasteiger partial charge in [0.2, 0.25) is 0 Å². The van der Waals surface area contributed by atoms with Crippen LogP contribution >= 0.6 is 0 Å². The SMILES string of the molecule is CCC1(C(=O)OC(C)(C)C)CN(C(=O)O)CCN1C(c1ccccc1)c1ccccc1. The minimum absolute atomic E-state index is 0.0733. The highest BCUT2D eigenvalue weighted by Gasteiger charge is 2.52. The smallest absolute Gasteiger partial charge is 0.407 e. The van der Waals surface area contributed by atoms with Gasteiger partial charge in [0.15, 0.2) is 0 Å². The van der Waals surface area contributed by atoms with E-state index in [2.05, 4.69) is 29.2 Å². The molecule has 0 radical (unpaired) electrons. The van der Waals surface area contributed by atoms with E-state index in [1.807, 2.05) is 64.1 Å². The molecular weight excluding hydrogens is 392 g/mol. The van der Waals surface area contributed by atoms with Crippen LogP contribution in [0.4, 0.5) is 4.79 Å². The summed E-state index contributed by atoms with van der Waals surface area (Å²) in [5.41, 5.74) is 0.337. The zero-order chi connectivity index (χ0) is 22.6. The third-order valence-corrected chi connectivity index (χ3v) is 5.79. The van der Waals surface area contributed by atoms with Gasteiger partial charge in [-0.15, -0.1) is 0 Å². The monoisotopic (exact) mass is 424 g/mol. The summed E-state index contributed by atoms with van der Waals surface area (Å²) in [7, 11) is 0. The molecule has 3 rings (SSSR count). The predicted octanol–water partition coefficient (Wildman–Crippen LogP) is 4.56. The molecule has 0 saturated carbocycles. The van der Waals surface area contributed by atoms with Crippen molar-refractivity contribution in [1.82, 2.24) is 9.80 Å². The molecule has 2 aromatic carbocycles. The largest absolute Gasteiger partial charge is 0.465 e. The third kappa shape index (κ3) is 4.90. The highest BCUT2D eigenvalue weighted by molar-refractivity contribution is 5.83. The summed E-state index contributed by atoms with van der Waals surface area (Å²) >= 11 is 0. The van der Waals surface area contributed by atoms with Crippen LogP contribution in [0.2, 0.25) is 0 Å². The molecule has 1 unspecified atom stereocenters. The zero-order valence-corrected chi connectivity index (χ0v) is 18.7. The van der Waals surface area contributed by atoms with Crippen molar-refractivity contribution in [3.63, 3.8) is 0 Å². The van der Waals surface area contributed by atoms with Crippen molar-refractivity contribution in [1.29, 1.82) is 0 Å². The summed E-state index contributed by atoms with van der Waals surface area (Å²) in [6.07, 6.45) is -0.584. The van der Waals surface area contributed by atoms with E-state index in [4.69, 9.17) is 4.74 Å². The van der Waals surface area contributed by atoms with Crippen LogP contribution in [0.3, 0.4) is 0 Å². The molecule has 31 heavy (non-hydrogen) atoms. The van der Waals surface area contributed by atoms with Crippen LogP contribution < -0.4 is 0 Å². The Morgan fingerprint density at radius 3 is 1.94 bits per heavy atom. The maximum atomic E-state index is 13.6. The highest BCUT2D eigenvalue weighted by atomic mass is 16.6. The van der Waals surface area contributed by atoms with Crippen molar-refractivity contribution >= 4 is 12.1 Å². The van der Waals surface area contributed by atoms with Gasteiger partial charge in [-0.1, -0.05) is 67.6 Å². The first-order chi connectivity index (χ1) is 14.7. The van der Waals surface area contributed by atoms with E-state index in [0.29, 0.717) is 19.5 Å². The number of amides is 1.